The second-order valence-corrected chi connectivity index (χ2v) is 2.75. The van der Waals surface area contributed by atoms with Crippen LogP contribution in [0.1, 0.15) is 0 Å². The zero-order valence-corrected chi connectivity index (χ0v) is 6.59. The quantitative estimate of drug-likeness (QED) is 0.654. The summed E-state index contributed by atoms with van der Waals surface area (Å²) in [6.07, 6.45) is 1.69. The van der Waals surface area contributed by atoms with E-state index in [1.54, 1.807) is 6.20 Å². The first kappa shape index (κ1) is 5.85. The fraction of sp³-hybridized carbons (Fsp3) is 0. The van der Waals surface area contributed by atoms with Gasteiger partial charge in [-0.15, -0.1) is 0 Å². The number of pyridine rings is 1. The predicted octanol–water partition coefficient (Wildman–Crippen LogP) is 1.72. The van der Waals surface area contributed by atoms with E-state index in [0.29, 0.717) is 0 Å². The zero-order chi connectivity index (χ0) is 6.97. The van der Waals surface area contributed by atoms with Crippen LogP contribution in [0.15, 0.2) is 22.9 Å². The molecule has 0 bridgehead atoms. The molecule has 0 atom stereocenters. The zero-order valence-electron chi connectivity index (χ0n) is 5.00. The lowest BCUT2D eigenvalue weighted by Crippen LogP contribution is -1.73. The van der Waals surface area contributed by atoms with Crippen molar-refractivity contribution in [1.82, 2.24) is 15.2 Å². The van der Waals surface area contributed by atoms with Crippen molar-refractivity contribution in [3.63, 3.8) is 0 Å². The van der Waals surface area contributed by atoms with Crippen molar-refractivity contribution in [3.05, 3.63) is 22.9 Å². The standard InChI is InChI=1S/C6H4BrN3/c7-6-2-1-4-5(9-6)3-8-10-4/h1-3H,(H,8,10). The SMILES string of the molecule is Brc1ccc2[nH]ncc2n1. The molecule has 50 valence electrons. The number of rotatable bonds is 0. The van der Waals surface area contributed by atoms with E-state index in [1.165, 1.54) is 0 Å². The summed E-state index contributed by atoms with van der Waals surface area (Å²) >= 11 is 3.26. The number of fused-ring (bicyclic) bond motifs is 1. The predicted molar refractivity (Wildman–Crippen MR) is 41.6 cm³/mol. The van der Waals surface area contributed by atoms with Crippen LogP contribution in [0, 0.1) is 0 Å². The molecule has 0 aliphatic rings. The topological polar surface area (TPSA) is 41.6 Å². The van der Waals surface area contributed by atoms with Gasteiger partial charge in [-0.1, -0.05) is 0 Å². The van der Waals surface area contributed by atoms with E-state index in [4.69, 9.17) is 0 Å². The van der Waals surface area contributed by atoms with Crippen molar-refractivity contribution in [2.75, 3.05) is 0 Å². The van der Waals surface area contributed by atoms with E-state index in [-0.39, 0.29) is 0 Å². The Balaban J connectivity index is 2.86. The highest BCUT2D eigenvalue weighted by Gasteiger charge is 1.94. The van der Waals surface area contributed by atoms with Gasteiger partial charge in [-0.25, -0.2) is 4.98 Å². The first-order valence-corrected chi connectivity index (χ1v) is 3.61. The van der Waals surface area contributed by atoms with Crippen LogP contribution in [0.5, 0.6) is 0 Å². The van der Waals surface area contributed by atoms with Crippen LogP contribution in [0.4, 0.5) is 0 Å². The van der Waals surface area contributed by atoms with Crippen LogP contribution in [-0.4, -0.2) is 15.2 Å². The van der Waals surface area contributed by atoms with E-state index in [9.17, 15) is 0 Å². The molecule has 10 heavy (non-hydrogen) atoms. The lowest BCUT2D eigenvalue weighted by molar-refractivity contribution is 1.12. The van der Waals surface area contributed by atoms with E-state index < -0.39 is 0 Å². The van der Waals surface area contributed by atoms with Crippen LogP contribution in [0.3, 0.4) is 0 Å². The number of hydrogen-bond donors (Lipinski definition) is 1. The number of aromatic amines is 1. The Labute approximate surface area is 65.6 Å². The van der Waals surface area contributed by atoms with Crippen molar-refractivity contribution in [1.29, 1.82) is 0 Å². The van der Waals surface area contributed by atoms with E-state index in [0.717, 1.165) is 15.6 Å². The van der Waals surface area contributed by atoms with Crippen molar-refractivity contribution in [2.24, 2.45) is 0 Å². The molecule has 0 fully saturated rings. The highest BCUT2D eigenvalue weighted by Crippen LogP contribution is 2.11. The van der Waals surface area contributed by atoms with E-state index in [2.05, 4.69) is 31.1 Å². The van der Waals surface area contributed by atoms with E-state index in [1.807, 2.05) is 12.1 Å². The minimum atomic E-state index is 0.835. The van der Waals surface area contributed by atoms with Gasteiger partial charge in [0.1, 0.15) is 10.1 Å². The molecule has 1 N–H and O–H groups in total. The number of halogens is 1. The van der Waals surface area contributed by atoms with Gasteiger partial charge in [0.25, 0.3) is 0 Å². The minimum Gasteiger partial charge on any atom is -0.276 e. The van der Waals surface area contributed by atoms with Crippen molar-refractivity contribution < 1.29 is 0 Å². The van der Waals surface area contributed by atoms with Crippen LogP contribution in [0.2, 0.25) is 0 Å². The smallest absolute Gasteiger partial charge is 0.109 e. The Hall–Kier alpha value is -0.900. The van der Waals surface area contributed by atoms with Gasteiger partial charge >= 0.3 is 0 Å². The molecular weight excluding hydrogens is 194 g/mol. The van der Waals surface area contributed by atoms with Gasteiger partial charge in [-0.3, -0.25) is 5.10 Å². The second kappa shape index (κ2) is 2.05. The summed E-state index contributed by atoms with van der Waals surface area (Å²) in [4.78, 5) is 4.16. The Kier molecular flexibility index (Phi) is 1.20. The number of H-pyrrole nitrogens is 1. The third-order valence-corrected chi connectivity index (χ3v) is 1.70. The van der Waals surface area contributed by atoms with Gasteiger partial charge in [-0.05, 0) is 28.1 Å². The molecule has 0 spiro atoms. The normalized spacial score (nSPS) is 10.5. The molecule has 0 amide bonds. The first-order chi connectivity index (χ1) is 4.86. The molecule has 0 saturated carbocycles. The third-order valence-electron chi connectivity index (χ3n) is 1.26. The third kappa shape index (κ3) is 0.806. The monoisotopic (exact) mass is 197 g/mol. The molecule has 0 radical (unpaired) electrons. The molecule has 0 aromatic carbocycles. The van der Waals surface area contributed by atoms with Gasteiger partial charge in [0, 0.05) is 0 Å². The van der Waals surface area contributed by atoms with Gasteiger partial charge < -0.3 is 0 Å². The average Bonchev–Trinajstić information content (AvgIpc) is 2.33. The summed E-state index contributed by atoms with van der Waals surface area (Å²) in [6.45, 7) is 0. The van der Waals surface area contributed by atoms with Gasteiger partial charge in [0.15, 0.2) is 0 Å². The molecule has 4 heteroatoms. The Morgan fingerprint density at radius 1 is 1.40 bits per heavy atom. The van der Waals surface area contributed by atoms with Gasteiger partial charge in [-0.2, -0.15) is 5.10 Å². The van der Waals surface area contributed by atoms with Crippen molar-refractivity contribution >= 4 is 27.0 Å². The van der Waals surface area contributed by atoms with Crippen LogP contribution < -0.4 is 0 Å². The summed E-state index contributed by atoms with van der Waals surface area (Å²) < 4.78 is 0.835. The fourth-order valence-electron chi connectivity index (χ4n) is 0.806. The minimum absolute atomic E-state index is 0.835. The Bertz CT molecular complexity index is 355. The molecule has 0 aliphatic heterocycles. The average molecular weight is 198 g/mol. The molecular formula is C6H4BrN3. The van der Waals surface area contributed by atoms with Gasteiger partial charge in [0.05, 0.1) is 11.7 Å². The maximum atomic E-state index is 4.16. The molecule has 0 unspecified atom stereocenters. The molecule has 2 rings (SSSR count). The van der Waals surface area contributed by atoms with Crippen molar-refractivity contribution in [3.8, 4) is 0 Å². The lowest BCUT2D eigenvalue weighted by atomic mass is 10.4. The summed E-state index contributed by atoms with van der Waals surface area (Å²) in [5.74, 6) is 0. The first-order valence-electron chi connectivity index (χ1n) is 2.82. The number of hydrogen-bond acceptors (Lipinski definition) is 2. The second-order valence-electron chi connectivity index (χ2n) is 1.94. The largest absolute Gasteiger partial charge is 0.276 e. The number of nitrogens with one attached hydrogen (secondary N) is 1. The molecule has 2 aromatic rings. The fourth-order valence-corrected chi connectivity index (χ4v) is 1.13. The Morgan fingerprint density at radius 3 is 3.20 bits per heavy atom. The van der Waals surface area contributed by atoms with Crippen molar-refractivity contribution in [2.45, 2.75) is 0 Å². The highest BCUT2D eigenvalue weighted by molar-refractivity contribution is 9.10. The molecule has 2 aromatic heterocycles. The molecule has 0 saturated heterocycles. The highest BCUT2D eigenvalue weighted by atomic mass is 79.9. The summed E-state index contributed by atoms with van der Waals surface area (Å²) in [6, 6.07) is 3.81. The van der Waals surface area contributed by atoms with E-state index >= 15 is 0 Å². The number of nitrogens with zero attached hydrogens (tertiary/aromatic N) is 2. The molecule has 3 nitrogen and oxygen atoms in total. The van der Waals surface area contributed by atoms with Crippen LogP contribution in [-0.2, 0) is 0 Å². The number of aromatic nitrogens is 3. The molecule has 2 heterocycles. The maximum absolute atomic E-state index is 4.16. The van der Waals surface area contributed by atoms with Crippen LogP contribution in [0.25, 0.3) is 11.0 Å². The maximum Gasteiger partial charge on any atom is 0.109 e. The summed E-state index contributed by atoms with van der Waals surface area (Å²) in [5.41, 5.74) is 1.84. The van der Waals surface area contributed by atoms with Gasteiger partial charge in [0.2, 0.25) is 0 Å². The molecule has 0 aliphatic carbocycles. The van der Waals surface area contributed by atoms with Crippen LogP contribution >= 0.6 is 15.9 Å². The Morgan fingerprint density at radius 2 is 2.30 bits per heavy atom. The summed E-state index contributed by atoms with van der Waals surface area (Å²) in [7, 11) is 0. The lowest BCUT2D eigenvalue weighted by Gasteiger charge is -1.86. The summed E-state index contributed by atoms with van der Waals surface area (Å²) in [5, 5.41) is 6.65.